The molecule has 0 fully saturated rings. The molecule has 2 rings (SSSR count). The topological polar surface area (TPSA) is 21.3 Å². The second-order valence-corrected chi connectivity index (χ2v) is 5.35. The molecule has 2 aromatic carbocycles. The first-order valence-corrected chi connectivity index (χ1v) is 7.27. The van der Waals surface area contributed by atoms with E-state index in [9.17, 15) is 0 Å². The SMILES string of the molecule is CCOc1cccc(CNc2cc(Cl)ccc2Br)c1. The van der Waals surface area contributed by atoms with Crippen molar-refractivity contribution in [2.45, 2.75) is 13.5 Å². The second-order valence-electron chi connectivity index (χ2n) is 4.06. The Hall–Kier alpha value is -1.19. The van der Waals surface area contributed by atoms with Gasteiger partial charge < -0.3 is 10.1 Å². The zero-order valence-corrected chi connectivity index (χ0v) is 13.0. The van der Waals surface area contributed by atoms with Crippen LogP contribution in [0.4, 0.5) is 5.69 Å². The molecule has 0 heterocycles. The molecule has 0 unspecified atom stereocenters. The first-order chi connectivity index (χ1) is 9.19. The number of ether oxygens (including phenoxy) is 1. The molecule has 2 aromatic rings. The summed E-state index contributed by atoms with van der Waals surface area (Å²) >= 11 is 9.48. The molecule has 0 spiro atoms. The Morgan fingerprint density at radius 1 is 1.21 bits per heavy atom. The maximum absolute atomic E-state index is 5.98. The number of halogens is 2. The summed E-state index contributed by atoms with van der Waals surface area (Å²) in [5.74, 6) is 0.895. The second kappa shape index (κ2) is 6.83. The lowest BCUT2D eigenvalue weighted by atomic mass is 10.2. The van der Waals surface area contributed by atoms with Crippen molar-refractivity contribution in [1.29, 1.82) is 0 Å². The van der Waals surface area contributed by atoms with E-state index < -0.39 is 0 Å². The quantitative estimate of drug-likeness (QED) is 0.816. The van der Waals surface area contributed by atoms with Crippen LogP contribution in [0.25, 0.3) is 0 Å². The Morgan fingerprint density at radius 3 is 2.84 bits per heavy atom. The predicted molar refractivity (Wildman–Crippen MR) is 84.1 cm³/mol. The maximum Gasteiger partial charge on any atom is 0.119 e. The molecule has 0 bridgehead atoms. The van der Waals surface area contributed by atoms with Gasteiger partial charge in [-0.1, -0.05) is 23.7 Å². The van der Waals surface area contributed by atoms with E-state index >= 15 is 0 Å². The van der Waals surface area contributed by atoms with Crippen LogP contribution in [0.2, 0.25) is 5.02 Å². The molecule has 0 aliphatic carbocycles. The van der Waals surface area contributed by atoms with Crippen molar-refractivity contribution in [2.24, 2.45) is 0 Å². The smallest absolute Gasteiger partial charge is 0.119 e. The number of hydrogen-bond donors (Lipinski definition) is 1. The van der Waals surface area contributed by atoms with Gasteiger partial charge >= 0.3 is 0 Å². The zero-order valence-electron chi connectivity index (χ0n) is 10.6. The highest BCUT2D eigenvalue weighted by Gasteiger charge is 2.01. The molecule has 0 saturated carbocycles. The lowest BCUT2D eigenvalue weighted by Gasteiger charge is -2.10. The van der Waals surface area contributed by atoms with Crippen molar-refractivity contribution in [3.05, 3.63) is 57.5 Å². The van der Waals surface area contributed by atoms with Gasteiger partial charge in [0, 0.05) is 16.0 Å². The lowest BCUT2D eigenvalue weighted by molar-refractivity contribution is 0.340. The number of hydrogen-bond acceptors (Lipinski definition) is 2. The average molecular weight is 341 g/mol. The molecule has 0 aliphatic rings. The highest BCUT2D eigenvalue weighted by Crippen LogP contribution is 2.26. The molecular weight excluding hydrogens is 326 g/mol. The molecule has 0 atom stereocenters. The van der Waals surface area contributed by atoms with Crippen molar-refractivity contribution in [3.8, 4) is 5.75 Å². The first-order valence-electron chi connectivity index (χ1n) is 6.09. The standard InChI is InChI=1S/C15H15BrClNO/c1-2-19-13-5-3-4-11(8-13)10-18-15-9-12(17)6-7-14(15)16/h3-9,18H,2,10H2,1H3. The van der Waals surface area contributed by atoms with Gasteiger partial charge in [-0.3, -0.25) is 0 Å². The van der Waals surface area contributed by atoms with Crippen molar-refractivity contribution in [3.63, 3.8) is 0 Å². The third-order valence-corrected chi connectivity index (χ3v) is 3.55. The Kier molecular flexibility index (Phi) is 5.11. The normalized spacial score (nSPS) is 10.3. The Bertz CT molecular complexity index is 560. The fourth-order valence-electron chi connectivity index (χ4n) is 1.74. The number of anilines is 1. The number of benzene rings is 2. The van der Waals surface area contributed by atoms with Crippen LogP contribution in [-0.2, 0) is 6.54 Å². The molecule has 4 heteroatoms. The molecule has 1 N–H and O–H groups in total. The average Bonchev–Trinajstić information content (AvgIpc) is 2.41. The maximum atomic E-state index is 5.98. The minimum atomic E-state index is 0.677. The van der Waals surface area contributed by atoms with Crippen LogP contribution < -0.4 is 10.1 Å². The Balaban J connectivity index is 2.05. The number of rotatable bonds is 5. The lowest BCUT2D eigenvalue weighted by Crippen LogP contribution is -2.01. The molecular formula is C15H15BrClNO. The molecule has 0 radical (unpaired) electrons. The van der Waals surface area contributed by atoms with Gasteiger partial charge in [0.15, 0.2) is 0 Å². The fraction of sp³-hybridized carbons (Fsp3) is 0.200. The molecule has 0 saturated heterocycles. The van der Waals surface area contributed by atoms with Gasteiger partial charge in [0.25, 0.3) is 0 Å². The third kappa shape index (κ3) is 4.15. The van der Waals surface area contributed by atoms with Gasteiger partial charge in [0.05, 0.1) is 12.3 Å². The Morgan fingerprint density at radius 2 is 2.05 bits per heavy atom. The van der Waals surface area contributed by atoms with Gasteiger partial charge in [-0.25, -0.2) is 0 Å². The summed E-state index contributed by atoms with van der Waals surface area (Å²) in [5.41, 5.74) is 2.15. The van der Waals surface area contributed by atoms with Crippen LogP contribution in [0.5, 0.6) is 5.75 Å². The highest BCUT2D eigenvalue weighted by molar-refractivity contribution is 9.10. The van der Waals surface area contributed by atoms with Crippen LogP contribution in [0, 0.1) is 0 Å². The Labute approximate surface area is 126 Å². The minimum absolute atomic E-state index is 0.677. The molecule has 2 nitrogen and oxygen atoms in total. The van der Waals surface area contributed by atoms with Crippen LogP contribution >= 0.6 is 27.5 Å². The number of nitrogens with one attached hydrogen (secondary N) is 1. The predicted octanol–water partition coefficient (Wildman–Crippen LogP) is 5.11. The van der Waals surface area contributed by atoms with Crippen molar-refractivity contribution < 1.29 is 4.74 Å². The van der Waals surface area contributed by atoms with E-state index in [1.165, 1.54) is 0 Å². The van der Waals surface area contributed by atoms with E-state index in [4.69, 9.17) is 16.3 Å². The molecule has 0 amide bonds. The van der Waals surface area contributed by atoms with Crippen molar-refractivity contribution >= 4 is 33.2 Å². The highest BCUT2D eigenvalue weighted by atomic mass is 79.9. The van der Waals surface area contributed by atoms with E-state index in [1.54, 1.807) is 0 Å². The third-order valence-electron chi connectivity index (χ3n) is 2.62. The van der Waals surface area contributed by atoms with Crippen LogP contribution in [0.3, 0.4) is 0 Å². The van der Waals surface area contributed by atoms with Gasteiger partial charge in [0.1, 0.15) is 5.75 Å². The van der Waals surface area contributed by atoms with Gasteiger partial charge in [-0.2, -0.15) is 0 Å². The van der Waals surface area contributed by atoms with Crippen molar-refractivity contribution in [1.82, 2.24) is 0 Å². The van der Waals surface area contributed by atoms with Gasteiger partial charge in [0.2, 0.25) is 0 Å². The van der Waals surface area contributed by atoms with E-state index in [1.807, 2.05) is 43.3 Å². The van der Waals surface area contributed by atoms with Gasteiger partial charge in [-0.05, 0) is 58.7 Å². The molecule has 19 heavy (non-hydrogen) atoms. The van der Waals surface area contributed by atoms with Crippen LogP contribution in [0.1, 0.15) is 12.5 Å². The van der Waals surface area contributed by atoms with E-state index in [0.29, 0.717) is 11.6 Å². The summed E-state index contributed by atoms with van der Waals surface area (Å²) in [6.07, 6.45) is 0. The molecule has 0 aromatic heterocycles. The largest absolute Gasteiger partial charge is 0.494 e. The van der Waals surface area contributed by atoms with Gasteiger partial charge in [-0.15, -0.1) is 0 Å². The summed E-state index contributed by atoms with van der Waals surface area (Å²) in [6.45, 7) is 3.38. The van der Waals surface area contributed by atoms with E-state index in [0.717, 1.165) is 28.0 Å². The van der Waals surface area contributed by atoms with E-state index in [-0.39, 0.29) is 0 Å². The molecule has 100 valence electrons. The first kappa shape index (κ1) is 14.2. The zero-order chi connectivity index (χ0) is 13.7. The summed E-state index contributed by atoms with van der Waals surface area (Å²) in [4.78, 5) is 0. The summed E-state index contributed by atoms with van der Waals surface area (Å²) in [7, 11) is 0. The minimum Gasteiger partial charge on any atom is -0.494 e. The fourth-order valence-corrected chi connectivity index (χ4v) is 2.30. The van der Waals surface area contributed by atoms with Crippen LogP contribution in [-0.4, -0.2) is 6.61 Å². The monoisotopic (exact) mass is 339 g/mol. The summed E-state index contributed by atoms with van der Waals surface area (Å²) in [5, 5.41) is 4.07. The van der Waals surface area contributed by atoms with Crippen molar-refractivity contribution in [2.75, 3.05) is 11.9 Å². The summed E-state index contributed by atoms with van der Waals surface area (Å²) < 4.78 is 6.48. The summed E-state index contributed by atoms with van der Waals surface area (Å²) in [6, 6.07) is 13.7. The van der Waals surface area contributed by atoms with Crippen LogP contribution in [0.15, 0.2) is 46.9 Å². The molecule has 0 aliphatic heterocycles. The van der Waals surface area contributed by atoms with E-state index in [2.05, 4.69) is 27.3 Å².